The van der Waals surface area contributed by atoms with Crippen molar-refractivity contribution in [3.05, 3.63) is 29.0 Å². The van der Waals surface area contributed by atoms with Crippen LogP contribution in [0.5, 0.6) is 0 Å². The molecule has 0 aliphatic carbocycles. The molecule has 0 aromatic carbocycles. The summed E-state index contributed by atoms with van der Waals surface area (Å²) in [6.45, 7) is 0. The Morgan fingerprint density at radius 1 is 1.29 bits per heavy atom. The summed E-state index contributed by atoms with van der Waals surface area (Å²) < 4.78 is 1.20. The molecule has 2 aliphatic rings. The molecule has 3 rings (SSSR count). The predicted molar refractivity (Wildman–Crippen MR) is 65.5 cm³/mol. The van der Waals surface area contributed by atoms with Gasteiger partial charge in [-0.05, 0) is 11.6 Å². The van der Waals surface area contributed by atoms with E-state index in [9.17, 15) is 0 Å². The fourth-order valence-electron chi connectivity index (χ4n) is 3.77. The van der Waals surface area contributed by atoms with E-state index < -0.39 is 0 Å². The SMILES string of the molecule is C[N+]1(C)C2CCC1C(c1ccc(Cl)nc1)C2.[I-]. The van der Waals surface area contributed by atoms with Crippen molar-refractivity contribution in [3.8, 4) is 0 Å². The van der Waals surface area contributed by atoms with Gasteiger partial charge in [-0.15, -0.1) is 0 Å². The zero-order chi connectivity index (χ0) is 11.3. The van der Waals surface area contributed by atoms with E-state index in [1.165, 1.54) is 29.3 Å². The zero-order valence-corrected chi connectivity index (χ0v) is 13.1. The summed E-state index contributed by atoms with van der Waals surface area (Å²) in [4.78, 5) is 4.21. The van der Waals surface area contributed by atoms with Gasteiger partial charge in [0.2, 0.25) is 0 Å². The van der Waals surface area contributed by atoms with E-state index in [1.807, 2.05) is 12.3 Å². The topological polar surface area (TPSA) is 12.9 Å². The van der Waals surface area contributed by atoms with Crippen LogP contribution in [0.2, 0.25) is 5.15 Å². The largest absolute Gasteiger partial charge is 1.00 e. The third kappa shape index (κ3) is 2.10. The van der Waals surface area contributed by atoms with Crippen LogP contribution in [0.3, 0.4) is 0 Å². The van der Waals surface area contributed by atoms with Gasteiger partial charge in [0.1, 0.15) is 5.15 Å². The maximum Gasteiger partial charge on any atom is 0.129 e. The van der Waals surface area contributed by atoms with Gasteiger partial charge in [0.05, 0.1) is 26.2 Å². The van der Waals surface area contributed by atoms with E-state index in [1.54, 1.807) is 0 Å². The van der Waals surface area contributed by atoms with Crippen LogP contribution in [0.25, 0.3) is 0 Å². The Hall–Kier alpha value is 0.130. The number of aromatic nitrogens is 1. The van der Waals surface area contributed by atoms with E-state index in [0.29, 0.717) is 11.1 Å². The second-order valence-corrected chi connectivity index (χ2v) is 6.07. The molecule has 94 valence electrons. The monoisotopic (exact) mass is 364 g/mol. The summed E-state index contributed by atoms with van der Waals surface area (Å²) in [5.74, 6) is 0.693. The minimum atomic E-state index is 0. The number of nitrogens with zero attached hydrogens (tertiary/aromatic N) is 2. The van der Waals surface area contributed by atoms with Crippen molar-refractivity contribution in [3.63, 3.8) is 0 Å². The number of fused-ring (bicyclic) bond motifs is 2. The van der Waals surface area contributed by atoms with E-state index in [0.717, 1.165) is 12.1 Å². The molecule has 1 aromatic rings. The lowest BCUT2D eigenvalue weighted by Gasteiger charge is -2.31. The number of rotatable bonds is 1. The van der Waals surface area contributed by atoms with Crippen molar-refractivity contribution in [2.24, 2.45) is 0 Å². The highest BCUT2D eigenvalue weighted by atomic mass is 127. The standard InChI is InChI=1S/C13H18ClN2.HI/c1-16(2)10-4-5-12(16)11(7-10)9-3-6-13(14)15-8-9;/h3,6,8,10-12H,4-5,7H2,1-2H3;1H/q+1;/p-1. The highest BCUT2D eigenvalue weighted by Crippen LogP contribution is 2.49. The number of likely N-dealkylation sites (N-methyl/N-ethyl adjacent to an activating group) is 1. The van der Waals surface area contributed by atoms with Crippen molar-refractivity contribution in [1.29, 1.82) is 0 Å². The summed E-state index contributed by atoms with van der Waals surface area (Å²) in [5.41, 5.74) is 1.38. The highest BCUT2D eigenvalue weighted by molar-refractivity contribution is 6.29. The first kappa shape index (κ1) is 13.6. The first-order valence-corrected chi connectivity index (χ1v) is 6.41. The van der Waals surface area contributed by atoms with Crippen LogP contribution in [0, 0.1) is 0 Å². The summed E-state index contributed by atoms with van der Waals surface area (Å²) in [6, 6.07) is 5.71. The molecule has 0 N–H and O–H groups in total. The lowest BCUT2D eigenvalue weighted by Crippen LogP contribution is -3.00. The van der Waals surface area contributed by atoms with Gasteiger partial charge in [-0.3, -0.25) is 0 Å². The normalized spacial score (nSPS) is 33.5. The van der Waals surface area contributed by atoms with E-state index >= 15 is 0 Å². The first-order valence-electron chi connectivity index (χ1n) is 6.04. The Morgan fingerprint density at radius 2 is 2.06 bits per heavy atom. The molecule has 0 spiro atoms. The van der Waals surface area contributed by atoms with Gasteiger partial charge in [-0.2, -0.15) is 0 Å². The summed E-state index contributed by atoms with van der Waals surface area (Å²) >= 11 is 5.84. The van der Waals surface area contributed by atoms with Gasteiger partial charge in [-0.25, -0.2) is 4.98 Å². The minimum absolute atomic E-state index is 0. The number of quaternary nitrogens is 1. The van der Waals surface area contributed by atoms with Gasteiger partial charge >= 0.3 is 0 Å². The van der Waals surface area contributed by atoms with Gasteiger partial charge in [0, 0.05) is 31.4 Å². The highest BCUT2D eigenvalue weighted by Gasteiger charge is 2.54. The maximum atomic E-state index is 5.84. The molecular weight excluding hydrogens is 347 g/mol. The average Bonchev–Trinajstić information content (AvgIpc) is 2.68. The second-order valence-electron chi connectivity index (χ2n) is 5.68. The van der Waals surface area contributed by atoms with Gasteiger partial charge in [0.25, 0.3) is 0 Å². The molecular formula is C13H18ClIN2. The number of halogens is 2. The van der Waals surface area contributed by atoms with Gasteiger partial charge in [0.15, 0.2) is 0 Å². The summed E-state index contributed by atoms with van der Waals surface area (Å²) in [7, 11) is 4.76. The summed E-state index contributed by atoms with van der Waals surface area (Å²) in [5, 5.41) is 0.598. The molecule has 3 unspecified atom stereocenters. The molecule has 17 heavy (non-hydrogen) atoms. The lowest BCUT2D eigenvalue weighted by atomic mass is 9.85. The molecule has 3 heterocycles. The average molecular weight is 365 g/mol. The van der Waals surface area contributed by atoms with Crippen LogP contribution in [-0.2, 0) is 0 Å². The van der Waals surface area contributed by atoms with Crippen molar-refractivity contribution >= 4 is 11.6 Å². The number of hydrogen-bond acceptors (Lipinski definition) is 1. The Labute approximate surface area is 125 Å². The predicted octanol–water partition coefficient (Wildman–Crippen LogP) is -0.166. The van der Waals surface area contributed by atoms with Crippen LogP contribution in [0.4, 0.5) is 0 Å². The molecule has 0 amide bonds. The molecule has 4 heteroatoms. The molecule has 0 radical (unpaired) electrons. The Morgan fingerprint density at radius 3 is 2.53 bits per heavy atom. The van der Waals surface area contributed by atoms with Crippen LogP contribution in [0.1, 0.15) is 30.7 Å². The molecule has 1 aromatic heterocycles. The molecule has 3 atom stereocenters. The zero-order valence-electron chi connectivity index (χ0n) is 10.2. The quantitative estimate of drug-likeness (QED) is 0.383. The number of hydrogen-bond donors (Lipinski definition) is 0. The van der Waals surface area contributed by atoms with E-state index in [4.69, 9.17) is 11.6 Å². The van der Waals surface area contributed by atoms with Crippen molar-refractivity contribution in [2.45, 2.75) is 37.3 Å². The molecule has 2 bridgehead atoms. The van der Waals surface area contributed by atoms with Crippen LogP contribution in [-0.4, -0.2) is 35.6 Å². The number of pyridine rings is 1. The lowest BCUT2D eigenvalue weighted by molar-refractivity contribution is -0.912. The van der Waals surface area contributed by atoms with Crippen molar-refractivity contribution in [2.75, 3.05) is 14.1 Å². The minimum Gasteiger partial charge on any atom is -1.00 e. The third-order valence-corrected chi connectivity index (χ3v) is 4.98. The van der Waals surface area contributed by atoms with Crippen LogP contribution in [0.15, 0.2) is 18.3 Å². The van der Waals surface area contributed by atoms with Gasteiger partial charge < -0.3 is 28.5 Å². The Bertz CT molecular complexity index is 404. The fraction of sp³-hybridized carbons (Fsp3) is 0.615. The van der Waals surface area contributed by atoms with Crippen LogP contribution < -0.4 is 24.0 Å². The molecule has 0 saturated carbocycles. The van der Waals surface area contributed by atoms with Crippen molar-refractivity contribution < 1.29 is 28.5 Å². The van der Waals surface area contributed by atoms with Crippen LogP contribution >= 0.6 is 11.6 Å². The molecule has 2 aliphatic heterocycles. The summed E-state index contributed by atoms with van der Waals surface area (Å²) in [6.07, 6.45) is 6.05. The van der Waals surface area contributed by atoms with Crippen molar-refractivity contribution in [1.82, 2.24) is 4.98 Å². The molecule has 2 saturated heterocycles. The smallest absolute Gasteiger partial charge is 0.129 e. The van der Waals surface area contributed by atoms with E-state index in [2.05, 4.69) is 25.1 Å². The Kier molecular flexibility index (Phi) is 3.72. The Balaban J connectivity index is 0.00000108. The molecule has 2 fully saturated rings. The second kappa shape index (κ2) is 4.67. The third-order valence-electron chi connectivity index (χ3n) is 4.76. The molecule has 2 nitrogen and oxygen atoms in total. The van der Waals surface area contributed by atoms with Gasteiger partial charge in [-0.1, -0.05) is 17.7 Å². The fourth-order valence-corrected chi connectivity index (χ4v) is 3.88. The maximum absolute atomic E-state index is 5.84. The van der Waals surface area contributed by atoms with E-state index in [-0.39, 0.29) is 24.0 Å². The first-order chi connectivity index (χ1) is 7.59.